The van der Waals surface area contributed by atoms with Crippen LogP contribution in [0.15, 0.2) is 0 Å². The monoisotopic (exact) mass is 245 g/mol. The highest BCUT2D eigenvalue weighted by molar-refractivity contribution is 4.66. The van der Waals surface area contributed by atoms with Crippen LogP contribution in [0.3, 0.4) is 0 Å². The summed E-state index contributed by atoms with van der Waals surface area (Å²) in [6.07, 6.45) is 2.02. The van der Waals surface area contributed by atoms with E-state index in [0.717, 1.165) is 31.5 Å². The average molecular weight is 245 g/mol. The lowest BCUT2D eigenvalue weighted by atomic mass is 10.1. The van der Waals surface area contributed by atoms with E-state index < -0.39 is 0 Å². The first-order valence-electron chi connectivity index (χ1n) is 6.85. The van der Waals surface area contributed by atoms with E-state index in [2.05, 4.69) is 32.6 Å². The highest BCUT2D eigenvalue weighted by atomic mass is 16.5. The molecule has 1 N–H and O–H groups in total. The van der Waals surface area contributed by atoms with Crippen LogP contribution in [0.4, 0.5) is 0 Å². The molecule has 0 spiro atoms. The van der Waals surface area contributed by atoms with Crippen molar-refractivity contribution < 1.29 is 9.84 Å². The molecule has 0 aliphatic carbocycles. The van der Waals surface area contributed by atoms with Crippen molar-refractivity contribution in [2.24, 2.45) is 11.8 Å². The fourth-order valence-corrected chi connectivity index (χ4v) is 1.72. The first kappa shape index (κ1) is 16.9. The quantitative estimate of drug-likeness (QED) is 0.641. The summed E-state index contributed by atoms with van der Waals surface area (Å²) < 4.78 is 4.98. The van der Waals surface area contributed by atoms with E-state index in [1.807, 2.05) is 0 Å². The normalized spacial score (nSPS) is 13.9. The van der Waals surface area contributed by atoms with Crippen molar-refractivity contribution >= 4 is 0 Å². The Hall–Kier alpha value is -0.120. The molecule has 17 heavy (non-hydrogen) atoms. The van der Waals surface area contributed by atoms with Crippen molar-refractivity contribution in [2.75, 3.05) is 33.4 Å². The third-order valence-electron chi connectivity index (χ3n) is 2.87. The molecule has 0 aromatic heterocycles. The van der Waals surface area contributed by atoms with Gasteiger partial charge in [-0.3, -0.25) is 0 Å². The highest BCUT2D eigenvalue weighted by Gasteiger charge is 2.12. The second kappa shape index (κ2) is 9.86. The molecule has 0 amide bonds. The Balaban J connectivity index is 4.00. The molecule has 0 aliphatic heterocycles. The van der Waals surface area contributed by atoms with E-state index in [-0.39, 0.29) is 6.10 Å². The number of ether oxygens (including phenoxy) is 1. The van der Waals surface area contributed by atoms with Gasteiger partial charge in [-0.1, -0.05) is 27.7 Å². The average Bonchev–Trinajstić information content (AvgIpc) is 2.22. The third-order valence-corrected chi connectivity index (χ3v) is 2.87. The minimum Gasteiger partial charge on any atom is -0.389 e. The van der Waals surface area contributed by atoms with Gasteiger partial charge in [-0.2, -0.15) is 0 Å². The molecular weight excluding hydrogens is 214 g/mol. The summed E-state index contributed by atoms with van der Waals surface area (Å²) in [6.45, 7) is 12.3. The van der Waals surface area contributed by atoms with Gasteiger partial charge in [-0.15, -0.1) is 0 Å². The first-order valence-corrected chi connectivity index (χ1v) is 6.85. The fraction of sp³-hybridized carbons (Fsp3) is 1.00. The number of nitrogens with zero attached hydrogens (tertiary/aromatic N) is 1. The molecular formula is C14H31NO2. The number of hydrogen-bond donors (Lipinski definition) is 1. The number of methoxy groups -OCH3 is 1. The summed E-state index contributed by atoms with van der Waals surface area (Å²) in [5, 5.41) is 9.78. The number of aliphatic hydroxyl groups is 1. The zero-order valence-electron chi connectivity index (χ0n) is 12.3. The molecule has 0 heterocycles. The van der Waals surface area contributed by atoms with E-state index in [1.54, 1.807) is 7.11 Å². The van der Waals surface area contributed by atoms with Gasteiger partial charge in [0.25, 0.3) is 0 Å². The zero-order chi connectivity index (χ0) is 13.3. The van der Waals surface area contributed by atoms with Crippen molar-refractivity contribution in [1.82, 2.24) is 4.90 Å². The maximum absolute atomic E-state index is 9.78. The second-order valence-electron chi connectivity index (χ2n) is 5.77. The van der Waals surface area contributed by atoms with Gasteiger partial charge >= 0.3 is 0 Å². The predicted molar refractivity (Wildman–Crippen MR) is 73.2 cm³/mol. The highest BCUT2D eigenvalue weighted by Crippen LogP contribution is 2.07. The summed E-state index contributed by atoms with van der Waals surface area (Å²) in [5.74, 6) is 1.44. The number of hydrogen-bond acceptors (Lipinski definition) is 3. The second-order valence-corrected chi connectivity index (χ2v) is 5.77. The lowest BCUT2D eigenvalue weighted by Crippen LogP contribution is -2.36. The summed E-state index contributed by atoms with van der Waals surface area (Å²) in [4.78, 5) is 2.36. The summed E-state index contributed by atoms with van der Waals surface area (Å²) >= 11 is 0. The summed E-state index contributed by atoms with van der Waals surface area (Å²) in [5.41, 5.74) is 0. The van der Waals surface area contributed by atoms with Crippen LogP contribution in [-0.2, 0) is 4.74 Å². The van der Waals surface area contributed by atoms with Crippen molar-refractivity contribution in [3.8, 4) is 0 Å². The molecule has 0 rings (SSSR count). The number of rotatable bonds is 10. The van der Waals surface area contributed by atoms with E-state index in [1.165, 1.54) is 12.8 Å². The van der Waals surface area contributed by atoms with Gasteiger partial charge in [0, 0.05) is 13.7 Å². The molecule has 0 saturated carbocycles. The van der Waals surface area contributed by atoms with E-state index in [4.69, 9.17) is 4.74 Å². The van der Waals surface area contributed by atoms with Gasteiger partial charge in [-0.25, -0.2) is 0 Å². The molecule has 1 atom stereocenters. The van der Waals surface area contributed by atoms with Gasteiger partial charge < -0.3 is 14.7 Å². The Morgan fingerprint density at radius 1 is 1.00 bits per heavy atom. The molecule has 0 saturated heterocycles. The predicted octanol–water partition coefficient (Wildman–Crippen LogP) is 2.39. The topological polar surface area (TPSA) is 32.7 Å². The molecule has 0 bridgehead atoms. The molecule has 3 heteroatoms. The molecule has 104 valence electrons. The Bertz CT molecular complexity index is 160. The van der Waals surface area contributed by atoms with Crippen LogP contribution in [0.5, 0.6) is 0 Å². The standard InChI is InChI=1S/C14H31NO2/c1-12(2)6-8-15(9-7-13(3)4)10-14(16)11-17-5/h12-14,16H,6-11H2,1-5H3. The molecule has 0 aromatic carbocycles. The van der Waals surface area contributed by atoms with Crippen molar-refractivity contribution in [3.05, 3.63) is 0 Å². The van der Waals surface area contributed by atoms with Crippen molar-refractivity contribution in [2.45, 2.75) is 46.6 Å². The zero-order valence-corrected chi connectivity index (χ0v) is 12.3. The summed E-state index contributed by atoms with van der Waals surface area (Å²) in [6, 6.07) is 0. The third kappa shape index (κ3) is 10.7. The summed E-state index contributed by atoms with van der Waals surface area (Å²) in [7, 11) is 1.63. The van der Waals surface area contributed by atoms with Crippen LogP contribution in [0.25, 0.3) is 0 Å². The number of aliphatic hydroxyl groups excluding tert-OH is 1. The molecule has 0 radical (unpaired) electrons. The van der Waals surface area contributed by atoms with Crippen molar-refractivity contribution in [3.63, 3.8) is 0 Å². The minimum atomic E-state index is -0.362. The Morgan fingerprint density at radius 3 is 1.82 bits per heavy atom. The Labute approximate surface area is 107 Å². The maximum Gasteiger partial charge on any atom is 0.0900 e. The van der Waals surface area contributed by atoms with E-state index in [9.17, 15) is 5.11 Å². The van der Waals surface area contributed by atoms with Crippen LogP contribution in [0.1, 0.15) is 40.5 Å². The minimum absolute atomic E-state index is 0.362. The first-order chi connectivity index (χ1) is 7.95. The van der Waals surface area contributed by atoms with Gasteiger partial charge in [0.15, 0.2) is 0 Å². The fourth-order valence-electron chi connectivity index (χ4n) is 1.72. The van der Waals surface area contributed by atoms with Crippen LogP contribution < -0.4 is 0 Å². The Morgan fingerprint density at radius 2 is 1.47 bits per heavy atom. The van der Waals surface area contributed by atoms with E-state index in [0.29, 0.717) is 6.61 Å². The van der Waals surface area contributed by atoms with Crippen LogP contribution in [-0.4, -0.2) is 49.5 Å². The van der Waals surface area contributed by atoms with E-state index >= 15 is 0 Å². The molecule has 3 nitrogen and oxygen atoms in total. The van der Waals surface area contributed by atoms with Crippen molar-refractivity contribution in [1.29, 1.82) is 0 Å². The Kier molecular flexibility index (Phi) is 9.79. The lowest BCUT2D eigenvalue weighted by molar-refractivity contribution is 0.0357. The van der Waals surface area contributed by atoms with Crippen LogP contribution in [0, 0.1) is 11.8 Å². The molecule has 0 aromatic rings. The SMILES string of the molecule is COCC(O)CN(CCC(C)C)CCC(C)C. The maximum atomic E-state index is 9.78. The van der Waals surface area contributed by atoms with Gasteiger partial charge in [-0.05, 0) is 37.8 Å². The van der Waals surface area contributed by atoms with Crippen LogP contribution in [0.2, 0.25) is 0 Å². The lowest BCUT2D eigenvalue weighted by Gasteiger charge is -2.26. The van der Waals surface area contributed by atoms with Gasteiger partial charge in [0.05, 0.1) is 12.7 Å². The smallest absolute Gasteiger partial charge is 0.0900 e. The molecule has 0 fully saturated rings. The largest absolute Gasteiger partial charge is 0.389 e. The van der Waals surface area contributed by atoms with Gasteiger partial charge in [0.1, 0.15) is 0 Å². The molecule has 1 unspecified atom stereocenters. The van der Waals surface area contributed by atoms with Crippen LogP contribution >= 0.6 is 0 Å². The van der Waals surface area contributed by atoms with Gasteiger partial charge in [0.2, 0.25) is 0 Å². The molecule has 0 aliphatic rings.